The second-order valence-corrected chi connectivity index (χ2v) is 5.77. The monoisotopic (exact) mass is 392 g/mol. The number of nitrogens with one attached hydrogen (secondary N) is 1. The number of anilines is 1. The van der Waals surface area contributed by atoms with Crippen molar-refractivity contribution in [1.82, 2.24) is 0 Å². The van der Waals surface area contributed by atoms with Crippen molar-refractivity contribution in [1.29, 1.82) is 0 Å². The summed E-state index contributed by atoms with van der Waals surface area (Å²) < 4.78 is 5.91. The van der Waals surface area contributed by atoms with E-state index >= 15 is 0 Å². The van der Waals surface area contributed by atoms with Gasteiger partial charge in [0.05, 0.1) is 10.5 Å². The molecule has 1 N–H and O–H groups in total. The van der Waals surface area contributed by atoms with Crippen molar-refractivity contribution in [2.24, 2.45) is 0 Å². The number of nitro groups is 1. The van der Waals surface area contributed by atoms with Crippen LogP contribution in [0.1, 0.15) is 17.3 Å². The third-order valence-electron chi connectivity index (χ3n) is 3.06. The predicted octanol–water partition coefficient (Wildman–Crippen LogP) is 3.54. The highest BCUT2D eigenvalue weighted by Crippen LogP contribution is 2.16. The SMILES string of the molecule is C[C@@H](OC(=O)c1cccc([N+](=O)[O-])c1)C(=O)Nc1ccc(Br)cc1. The number of non-ortho nitro benzene ring substituents is 1. The van der Waals surface area contributed by atoms with E-state index in [-0.39, 0.29) is 11.3 Å². The molecule has 1 atom stereocenters. The number of hydrogen-bond acceptors (Lipinski definition) is 5. The summed E-state index contributed by atoms with van der Waals surface area (Å²) in [7, 11) is 0. The molecule has 0 aromatic heterocycles. The molecule has 7 nitrogen and oxygen atoms in total. The number of carbonyl (C=O) groups is 2. The van der Waals surface area contributed by atoms with Crippen LogP contribution < -0.4 is 5.32 Å². The molecular formula is C16H13BrN2O5. The summed E-state index contributed by atoms with van der Waals surface area (Å²) in [5.74, 6) is -1.31. The van der Waals surface area contributed by atoms with Crippen molar-refractivity contribution in [3.8, 4) is 0 Å². The number of benzene rings is 2. The number of rotatable bonds is 5. The fraction of sp³-hybridized carbons (Fsp3) is 0.125. The van der Waals surface area contributed by atoms with Crippen LogP contribution in [-0.4, -0.2) is 22.9 Å². The molecule has 0 bridgehead atoms. The molecule has 0 saturated heterocycles. The molecule has 0 unspecified atom stereocenters. The molecule has 0 fully saturated rings. The number of hydrogen-bond donors (Lipinski definition) is 1. The van der Waals surface area contributed by atoms with Crippen LogP contribution in [0.5, 0.6) is 0 Å². The van der Waals surface area contributed by atoms with Crippen molar-refractivity contribution in [2.45, 2.75) is 13.0 Å². The van der Waals surface area contributed by atoms with Crippen molar-refractivity contribution in [3.63, 3.8) is 0 Å². The minimum Gasteiger partial charge on any atom is -0.449 e. The topological polar surface area (TPSA) is 98.5 Å². The van der Waals surface area contributed by atoms with Crippen molar-refractivity contribution >= 4 is 39.2 Å². The molecule has 0 spiro atoms. The maximum absolute atomic E-state index is 12.0. The van der Waals surface area contributed by atoms with Gasteiger partial charge in [0, 0.05) is 22.3 Å². The van der Waals surface area contributed by atoms with Crippen molar-refractivity contribution < 1.29 is 19.2 Å². The molecule has 24 heavy (non-hydrogen) atoms. The Hall–Kier alpha value is -2.74. The zero-order valence-electron chi connectivity index (χ0n) is 12.6. The van der Waals surface area contributed by atoms with Gasteiger partial charge in [-0.25, -0.2) is 4.79 Å². The van der Waals surface area contributed by atoms with Gasteiger partial charge in [-0.05, 0) is 37.3 Å². The third kappa shape index (κ3) is 4.63. The van der Waals surface area contributed by atoms with E-state index in [4.69, 9.17) is 4.74 Å². The van der Waals surface area contributed by atoms with Gasteiger partial charge in [-0.1, -0.05) is 22.0 Å². The van der Waals surface area contributed by atoms with Crippen LogP contribution in [0.4, 0.5) is 11.4 Å². The van der Waals surface area contributed by atoms with Gasteiger partial charge in [0.15, 0.2) is 6.10 Å². The average molecular weight is 393 g/mol. The van der Waals surface area contributed by atoms with E-state index < -0.39 is 22.9 Å². The maximum atomic E-state index is 12.0. The largest absolute Gasteiger partial charge is 0.449 e. The van der Waals surface area contributed by atoms with Crippen LogP contribution in [0.15, 0.2) is 53.0 Å². The molecule has 0 saturated carbocycles. The summed E-state index contributed by atoms with van der Waals surface area (Å²) in [4.78, 5) is 34.1. The molecule has 124 valence electrons. The van der Waals surface area contributed by atoms with E-state index in [2.05, 4.69) is 21.2 Å². The highest BCUT2D eigenvalue weighted by molar-refractivity contribution is 9.10. The quantitative estimate of drug-likeness (QED) is 0.476. The van der Waals surface area contributed by atoms with Crippen LogP contribution in [0.3, 0.4) is 0 Å². The van der Waals surface area contributed by atoms with E-state index in [0.29, 0.717) is 5.69 Å². The molecule has 0 aliphatic carbocycles. The first-order chi connectivity index (χ1) is 11.4. The first kappa shape index (κ1) is 17.6. The zero-order valence-corrected chi connectivity index (χ0v) is 14.1. The average Bonchev–Trinajstić information content (AvgIpc) is 2.56. The van der Waals surface area contributed by atoms with E-state index in [9.17, 15) is 19.7 Å². The molecular weight excluding hydrogens is 380 g/mol. The third-order valence-corrected chi connectivity index (χ3v) is 3.59. The predicted molar refractivity (Wildman–Crippen MR) is 90.7 cm³/mol. The smallest absolute Gasteiger partial charge is 0.339 e. The highest BCUT2D eigenvalue weighted by Gasteiger charge is 2.20. The number of nitrogens with zero attached hydrogens (tertiary/aromatic N) is 1. The zero-order chi connectivity index (χ0) is 17.7. The Bertz CT molecular complexity index is 776. The molecule has 2 aromatic carbocycles. The van der Waals surface area contributed by atoms with Gasteiger partial charge in [0.1, 0.15) is 0 Å². The normalized spacial score (nSPS) is 11.4. The van der Waals surface area contributed by atoms with Gasteiger partial charge in [-0.15, -0.1) is 0 Å². The van der Waals surface area contributed by atoms with Gasteiger partial charge in [-0.2, -0.15) is 0 Å². The van der Waals surface area contributed by atoms with E-state index in [1.165, 1.54) is 25.1 Å². The van der Waals surface area contributed by atoms with E-state index in [0.717, 1.165) is 10.5 Å². The fourth-order valence-corrected chi connectivity index (χ4v) is 2.07. The Morgan fingerprint density at radius 3 is 2.50 bits per heavy atom. The molecule has 0 aliphatic heterocycles. The Kier molecular flexibility index (Phi) is 5.64. The number of halogens is 1. The molecule has 0 heterocycles. The fourth-order valence-electron chi connectivity index (χ4n) is 1.81. The lowest BCUT2D eigenvalue weighted by molar-refractivity contribution is -0.384. The summed E-state index contributed by atoms with van der Waals surface area (Å²) in [6, 6.07) is 12.0. The Morgan fingerprint density at radius 2 is 1.88 bits per heavy atom. The lowest BCUT2D eigenvalue weighted by Gasteiger charge is -2.13. The second kappa shape index (κ2) is 7.69. The molecule has 2 aromatic rings. The highest BCUT2D eigenvalue weighted by atomic mass is 79.9. The van der Waals surface area contributed by atoms with Crippen molar-refractivity contribution in [2.75, 3.05) is 5.32 Å². The van der Waals surface area contributed by atoms with Crippen LogP contribution >= 0.6 is 15.9 Å². The van der Waals surface area contributed by atoms with Crippen LogP contribution in [0.2, 0.25) is 0 Å². The Morgan fingerprint density at radius 1 is 1.21 bits per heavy atom. The molecule has 1 amide bonds. The summed E-state index contributed by atoms with van der Waals surface area (Å²) in [5.41, 5.74) is 0.338. The number of ether oxygens (including phenoxy) is 1. The maximum Gasteiger partial charge on any atom is 0.339 e. The van der Waals surface area contributed by atoms with Gasteiger partial charge < -0.3 is 10.1 Å². The summed E-state index contributed by atoms with van der Waals surface area (Å²) in [6.45, 7) is 1.42. The Balaban J connectivity index is 2.00. The van der Waals surface area contributed by atoms with Gasteiger partial charge in [0.25, 0.3) is 11.6 Å². The van der Waals surface area contributed by atoms with Gasteiger partial charge in [0.2, 0.25) is 0 Å². The standard InChI is InChI=1S/C16H13BrN2O5/c1-10(15(20)18-13-7-5-12(17)6-8-13)24-16(21)11-3-2-4-14(9-11)19(22)23/h2-10H,1H3,(H,18,20)/t10-/m1/s1. The van der Waals surface area contributed by atoms with Crippen molar-refractivity contribution in [3.05, 3.63) is 68.7 Å². The van der Waals surface area contributed by atoms with Gasteiger partial charge >= 0.3 is 5.97 Å². The van der Waals surface area contributed by atoms with E-state index in [1.807, 2.05) is 0 Å². The van der Waals surface area contributed by atoms with Crippen LogP contribution in [0.25, 0.3) is 0 Å². The minimum atomic E-state index is -1.06. The number of nitro benzene ring substituents is 1. The minimum absolute atomic E-state index is 0.00694. The van der Waals surface area contributed by atoms with Crippen LogP contribution in [-0.2, 0) is 9.53 Å². The lowest BCUT2D eigenvalue weighted by Crippen LogP contribution is -2.30. The number of amides is 1. The summed E-state index contributed by atoms with van der Waals surface area (Å²) >= 11 is 3.29. The lowest BCUT2D eigenvalue weighted by atomic mass is 10.2. The Labute approximate surface area is 145 Å². The number of carbonyl (C=O) groups excluding carboxylic acids is 2. The van der Waals surface area contributed by atoms with Gasteiger partial charge in [-0.3, -0.25) is 14.9 Å². The summed E-state index contributed by atoms with van der Waals surface area (Å²) in [5, 5.41) is 13.3. The first-order valence-electron chi connectivity index (χ1n) is 6.88. The second-order valence-electron chi connectivity index (χ2n) is 4.85. The first-order valence-corrected chi connectivity index (χ1v) is 7.68. The van der Waals surface area contributed by atoms with E-state index in [1.54, 1.807) is 24.3 Å². The number of esters is 1. The molecule has 0 aliphatic rings. The van der Waals surface area contributed by atoms with Crippen LogP contribution in [0, 0.1) is 10.1 Å². The molecule has 8 heteroatoms. The molecule has 0 radical (unpaired) electrons. The summed E-state index contributed by atoms with van der Waals surface area (Å²) in [6.07, 6.45) is -1.06. The molecule has 2 rings (SSSR count).